The van der Waals surface area contributed by atoms with Gasteiger partial charge in [-0.15, -0.1) is 0 Å². The zero-order chi connectivity index (χ0) is 12.8. The summed E-state index contributed by atoms with van der Waals surface area (Å²) in [7, 11) is 4.13. The Hall–Kier alpha value is -0.610. The highest BCUT2D eigenvalue weighted by Crippen LogP contribution is 2.12. The SMILES string of the molecule is CC(C)C(CNC(=O)CC1CCNC1)N(C)C. The number of nitrogens with zero attached hydrogens (tertiary/aromatic N) is 1. The summed E-state index contributed by atoms with van der Waals surface area (Å²) in [4.78, 5) is 14.0. The van der Waals surface area contributed by atoms with Gasteiger partial charge >= 0.3 is 0 Å². The average molecular weight is 241 g/mol. The Morgan fingerprint density at radius 2 is 2.18 bits per heavy atom. The first-order chi connectivity index (χ1) is 8.00. The van der Waals surface area contributed by atoms with Crippen LogP contribution in [0.5, 0.6) is 0 Å². The van der Waals surface area contributed by atoms with Crippen molar-refractivity contribution in [2.24, 2.45) is 11.8 Å². The molecule has 1 fully saturated rings. The number of carbonyl (C=O) groups is 1. The third-order valence-corrected chi connectivity index (χ3v) is 3.58. The van der Waals surface area contributed by atoms with Crippen molar-refractivity contribution >= 4 is 5.91 Å². The first-order valence-electron chi connectivity index (χ1n) is 6.64. The molecule has 0 aromatic heterocycles. The summed E-state index contributed by atoms with van der Waals surface area (Å²) in [5.41, 5.74) is 0. The first kappa shape index (κ1) is 14.5. The van der Waals surface area contributed by atoms with Crippen LogP contribution in [0, 0.1) is 11.8 Å². The summed E-state index contributed by atoms with van der Waals surface area (Å²) >= 11 is 0. The van der Waals surface area contributed by atoms with Gasteiger partial charge in [0, 0.05) is 19.0 Å². The van der Waals surface area contributed by atoms with E-state index >= 15 is 0 Å². The second-order valence-electron chi connectivity index (χ2n) is 5.64. The lowest BCUT2D eigenvalue weighted by Crippen LogP contribution is -2.43. The van der Waals surface area contributed by atoms with Crippen LogP contribution in [0.15, 0.2) is 0 Å². The van der Waals surface area contributed by atoms with Crippen LogP contribution in [-0.2, 0) is 4.79 Å². The monoisotopic (exact) mass is 241 g/mol. The zero-order valence-corrected chi connectivity index (χ0v) is 11.6. The molecule has 100 valence electrons. The van der Waals surface area contributed by atoms with Crippen LogP contribution in [0.25, 0.3) is 0 Å². The maximum absolute atomic E-state index is 11.8. The largest absolute Gasteiger partial charge is 0.355 e. The van der Waals surface area contributed by atoms with Crippen LogP contribution in [0.4, 0.5) is 0 Å². The number of likely N-dealkylation sites (N-methyl/N-ethyl adjacent to an activating group) is 1. The molecular formula is C13H27N3O. The molecule has 0 radical (unpaired) electrons. The van der Waals surface area contributed by atoms with Crippen LogP contribution in [0.2, 0.25) is 0 Å². The van der Waals surface area contributed by atoms with Gasteiger partial charge in [0.1, 0.15) is 0 Å². The van der Waals surface area contributed by atoms with E-state index in [0.717, 1.165) is 26.1 Å². The minimum atomic E-state index is 0.200. The van der Waals surface area contributed by atoms with E-state index in [9.17, 15) is 4.79 Å². The Kier molecular flexibility index (Phi) is 5.92. The van der Waals surface area contributed by atoms with Gasteiger partial charge in [-0.3, -0.25) is 4.79 Å². The van der Waals surface area contributed by atoms with Gasteiger partial charge < -0.3 is 15.5 Å². The molecule has 2 unspecified atom stereocenters. The van der Waals surface area contributed by atoms with Crippen molar-refractivity contribution < 1.29 is 4.79 Å². The van der Waals surface area contributed by atoms with Crippen LogP contribution in [-0.4, -0.2) is 50.6 Å². The van der Waals surface area contributed by atoms with Crippen LogP contribution < -0.4 is 10.6 Å². The highest BCUT2D eigenvalue weighted by molar-refractivity contribution is 5.76. The Morgan fingerprint density at radius 3 is 2.65 bits per heavy atom. The standard InChI is InChI=1S/C13H27N3O/c1-10(2)12(16(3)4)9-15-13(17)7-11-5-6-14-8-11/h10-12,14H,5-9H2,1-4H3,(H,15,17). The fraction of sp³-hybridized carbons (Fsp3) is 0.923. The molecule has 0 spiro atoms. The van der Waals surface area contributed by atoms with E-state index < -0.39 is 0 Å². The molecule has 17 heavy (non-hydrogen) atoms. The predicted octanol–water partition coefficient (Wildman–Crippen LogP) is 0.688. The lowest BCUT2D eigenvalue weighted by Gasteiger charge is -2.28. The Balaban J connectivity index is 2.25. The molecule has 0 aromatic rings. The Labute approximate surface area is 105 Å². The molecule has 0 bridgehead atoms. The molecule has 2 N–H and O–H groups in total. The number of hydrogen-bond acceptors (Lipinski definition) is 3. The fourth-order valence-electron chi connectivity index (χ4n) is 2.46. The molecule has 1 amide bonds. The van der Waals surface area contributed by atoms with Crippen molar-refractivity contribution in [3.8, 4) is 0 Å². The Morgan fingerprint density at radius 1 is 1.47 bits per heavy atom. The van der Waals surface area contributed by atoms with Crippen molar-refractivity contribution in [3.63, 3.8) is 0 Å². The zero-order valence-electron chi connectivity index (χ0n) is 11.6. The fourth-order valence-corrected chi connectivity index (χ4v) is 2.46. The van der Waals surface area contributed by atoms with E-state index in [0.29, 0.717) is 24.3 Å². The lowest BCUT2D eigenvalue weighted by molar-refractivity contribution is -0.122. The van der Waals surface area contributed by atoms with Gasteiger partial charge in [0.25, 0.3) is 0 Å². The molecule has 1 heterocycles. The quantitative estimate of drug-likeness (QED) is 0.719. The number of hydrogen-bond donors (Lipinski definition) is 2. The maximum Gasteiger partial charge on any atom is 0.220 e. The highest BCUT2D eigenvalue weighted by atomic mass is 16.1. The van der Waals surface area contributed by atoms with Gasteiger partial charge in [0.15, 0.2) is 0 Å². The van der Waals surface area contributed by atoms with Crippen LogP contribution in [0.3, 0.4) is 0 Å². The molecule has 0 aromatic carbocycles. The van der Waals surface area contributed by atoms with E-state index in [1.807, 2.05) is 0 Å². The normalized spacial score (nSPS) is 22.1. The van der Waals surface area contributed by atoms with Crippen molar-refractivity contribution in [2.45, 2.75) is 32.7 Å². The van der Waals surface area contributed by atoms with Gasteiger partial charge in [-0.1, -0.05) is 13.8 Å². The molecule has 1 aliphatic heterocycles. The van der Waals surface area contributed by atoms with E-state index in [1.54, 1.807) is 0 Å². The summed E-state index contributed by atoms with van der Waals surface area (Å²) in [6, 6.07) is 0.417. The topological polar surface area (TPSA) is 44.4 Å². The van der Waals surface area contributed by atoms with E-state index in [1.165, 1.54) is 0 Å². The smallest absolute Gasteiger partial charge is 0.220 e. The number of rotatable bonds is 6. The molecule has 1 rings (SSSR count). The minimum Gasteiger partial charge on any atom is -0.355 e. The molecule has 1 saturated heterocycles. The number of amides is 1. The molecule has 0 aliphatic carbocycles. The summed E-state index contributed by atoms with van der Waals surface area (Å²) in [5.74, 6) is 1.29. The van der Waals surface area contributed by atoms with Gasteiger partial charge in [-0.05, 0) is 45.4 Å². The first-order valence-corrected chi connectivity index (χ1v) is 6.64. The minimum absolute atomic E-state index is 0.200. The summed E-state index contributed by atoms with van der Waals surface area (Å²) in [6.07, 6.45) is 1.81. The molecule has 2 atom stereocenters. The van der Waals surface area contributed by atoms with Gasteiger partial charge in [-0.25, -0.2) is 0 Å². The van der Waals surface area contributed by atoms with Gasteiger partial charge in [0.05, 0.1) is 0 Å². The second-order valence-corrected chi connectivity index (χ2v) is 5.64. The Bertz CT molecular complexity index is 227. The predicted molar refractivity (Wildman–Crippen MR) is 70.9 cm³/mol. The van der Waals surface area contributed by atoms with Crippen molar-refractivity contribution in [2.75, 3.05) is 33.7 Å². The lowest BCUT2D eigenvalue weighted by atomic mass is 10.0. The molecule has 4 heteroatoms. The van der Waals surface area contributed by atoms with Crippen molar-refractivity contribution in [1.29, 1.82) is 0 Å². The number of nitrogens with one attached hydrogen (secondary N) is 2. The second kappa shape index (κ2) is 6.97. The van der Waals surface area contributed by atoms with Crippen molar-refractivity contribution in [3.05, 3.63) is 0 Å². The third-order valence-electron chi connectivity index (χ3n) is 3.58. The summed E-state index contributed by atoms with van der Waals surface area (Å²) in [6.45, 7) is 7.19. The average Bonchev–Trinajstić information content (AvgIpc) is 2.69. The van der Waals surface area contributed by atoms with Crippen LogP contribution in [0.1, 0.15) is 26.7 Å². The molecule has 1 aliphatic rings. The van der Waals surface area contributed by atoms with Gasteiger partial charge in [-0.2, -0.15) is 0 Å². The highest BCUT2D eigenvalue weighted by Gasteiger charge is 2.20. The molecular weight excluding hydrogens is 214 g/mol. The summed E-state index contributed by atoms with van der Waals surface area (Å²) < 4.78 is 0. The maximum atomic E-state index is 11.8. The third kappa shape index (κ3) is 5.04. The van der Waals surface area contributed by atoms with Gasteiger partial charge in [0.2, 0.25) is 5.91 Å². The van der Waals surface area contributed by atoms with Crippen LogP contribution >= 0.6 is 0 Å². The molecule has 0 saturated carbocycles. The van der Waals surface area contributed by atoms with E-state index in [2.05, 4.69) is 43.5 Å². The van der Waals surface area contributed by atoms with Crippen molar-refractivity contribution in [1.82, 2.24) is 15.5 Å². The number of carbonyl (C=O) groups excluding carboxylic acids is 1. The van der Waals surface area contributed by atoms with E-state index in [4.69, 9.17) is 0 Å². The van der Waals surface area contributed by atoms with E-state index in [-0.39, 0.29) is 5.91 Å². The molecule has 4 nitrogen and oxygen atoms in total. The summed E-state index contributed by atoms with van der Waals surface area (Å²) in [5, 5.41) is 6.35.